The van der Waals surface area contributed by atoms with Crippen molar-refractivity contribution >= 4 is 35.1 Å². The third-order valence-electron chi connectivity index (χ3n) is 4.22. The zero-order valence-electron chi connectivity index (χ0n) is 16.4. The first-order chi connectivity index (χ1) is 13.4. The number of hydrogen-bond acceptors (Lipinski definition) is 2. The molecule has 2 aromatic carbocycles. The summed E-state index contributed by atoms with van der Waals surface area (Å²) in [7, 11) is 5.23. The van der Waals surface area contributed by atoms with E-state index in [-0.39, 0.29) is 5.91 Å². The lowest BCUT2D eigenvalue weighted by Crippen LogP contribution is -2.37. The average molecular weight is 421 g/mol. The van der Waals surface area contributed by atoms with E-state index in [1.807, 2.05) is 36.4 Å². The van der Waals surface area contributed by atoms with Crippen LogP contribution < -0.4 is 10.6 Å². The van der Waals surface area contributed by atoms with Crippen molar-refractivity contribution in [1.82, 2.24) is 15.5 Å². The van der Waals surface area contributed by atoms with Gasteiger partial charge in [0.25, 0.3) is 5.91 Å². The van der Waals surface area contributed by atoms with Gasteiger partial charge in [0.15, 0.2) is 5.96 Å². The summed E-state index contributed by atoms with van der Waals surface area (Å²) in [5.41, 5.74) is 2.84. The number of benzene rings is 2. The zero-order chi connectivity index (χ0) is 20.5. The topological polar surface area (TPSA) is 56.7 Å². The lowest BCUT2D eigenvalue weighted by Gasteiger charge is -2.13. The van der Waals surface area contributed by atoms with Crippen LogP contribution in [0, 0.1) is 0 Å². The Morgan fingerprint density at radius 2 is 1.79 bits per heavy atom. The van der Waals surface area contributed by atoms with Crippen LogP contribution in [0.3, 0.4) is 0 Å². The van der Waals surface area contributed by atoms with E-state index in [2.05, 4.69) is 15.6 Å². The number of nitrogens with one attached hydrogen (secondary N) is 2. The van der Waals surface area contributed by atoms with Crippen LogP contribution in [0.2, 0.25) is 10.0 Å². The number of amides is 1. The van der Waals surface area contributed by atoms with Crippen LogP contribution in [-0.2, 0) is 13.0 Å². The number of nitrogens with zero attached hydrogens (tertiary/aromatic N) is 2. The Labute approximate surface area is 176 Å². The van der Waals surface area contributed by atoms with Gasteiger partial charge in [-0.3, -0.25) is 9.79 Å². The maximum Gasteiger partial charge on any atom is 0.253 e. The highest BCUT2D eigenvalue weighted by atomic mass is 35.5. The summed E-state index contributed by atoms with van der Waals surface area (Å²) < 4.78 is 0. The first-order valence-corrected chi connectivity index (χ1v) is 9.85. The number of halogens is 2. The second-order valence-corrected chi connectivity index (χ2v) is 7.43. The van der Waals surface area contributed by atoms with Gasteiger partial charge in [0, 0.05) is 49.8 Å². The van der Waals surface area contributed by atoms with Crippen LogP contribution >= 0.6 is 23.2 Å². The van der Waals surface area contributed by atoms with Gasteiger partial charge in [-0.2, -0.15) is 0 Å². The smallest absolute Gasteiger partial charge is 0.253 e. The second kappa shape index (κ2) is 10.9. The number of aryl methyl sites for hydroxylation is 1. The Kier molecular flexibility index (Phi) is 8.61. The largest absolute Gasteiger partial charge is 0.356 e. The van der Waals surface area contributed by atoms with E-state index in [1.54, 1.807) is 32.1 Å². The molecular formula is C21H26Cl2N4O. The molecule has 0 bridgehead atoms. The monoisotopic (exact) mass is 420 g/mol. The summed E-state index contributed by atoms with van der Waals surface area (Å²) in [6.07, 6.45) is 1.78. The summed E-state index contributed by atoms with van der Waals surface area (Å²) in [4.78, 5) is 17.7. The second-order valence-electron chi connectivity index (χ2n) is 6.59. The van der Waals surface area contributed by atoms with Gasteiger partial charge in [-0.1, -0.05) is 41.4 Å². The highest BCUT2D eigenvalue weighted by Crippen LogP contribution is 2.21. The Hall–Kier alpha value is -2.24. The fourth-order valence-corrected chi connectivity index (χ4v) is 3.14. The standard InChI is InChI=1S/C21H26Cl2N4O/c1-24-21(25-12-4-5-16-10-11-18(22)13-19(16)23)26-14-15-6-8-17(9-7-15)20(28)27(2)3/h6-11,13H,4-5,12,14H2,1-3H3,(H2,24,25,26). The van der Waals surface area contributed by atoms with Crippen molar-refractivity contribution in [3.8, 4) is 0 Å². The minimum Gasteiger partial charge on any atom is -0.356 e. The van der Waals surface area contributed by atoms with Crippen LogP contribution in [0.4, 0.5) is 0 Å². The predicted octanol–water partition coefficient (Wildman–Crippen LogP) is 3.99. The number of aliphatic imine (C=N–C) groups is 1. The number of carbonyl (C=O) groups excluding carboxylic acids is 1. The molecule has 0 saturated carbocycles. The van der Waals surface area contributed by atoms with Crippen molar-refractivity contribution in [3.05, 3.63) is 69.2 Å². The SMILES string of the molecule is CN=C(NCCCc1ccc(Cl)cc1Cl)NCc1ccc(C(=O)N(C)C)cc1. The Bertz CT molecular complexity index is 820. The van der Waals surface area contributed by atoms with Crippen LogP contribution in [0.25, 0.3) is 0 Å². The van der Waals surface area contributed by atoms with Crippen molar-refractivity contribution in [2.75, 3.05) is 27.7 Å². The van der Waals surface area contributed by atoms with Gasteiger partial charge in [0.2, 0.25) is 0 Å². The molecule has 0 saturated heterocycles. The van der Waals surface area contributed by atoms with E-state index in [0.717, 1.165) is 36.5 Å². The van der Waals surface area contributed by atoms with Gasteiger partial charge in [-0.15, -0.1) is 0 Å². The molecule has 28 heavy (non-hydrogen) atoms. The summed E-state index contributed by atoms with van der Waals surface area (Å²) >= 11 is 12.1. The fourth-order valence-electron chi connectivity index (χ4n) is 2.64. The fraction of sp³-hybridized carbons (Fsp3) is 0.333. The van der Waals surface area contributed by atoms with Crippen molar-refractivity contribution in [3.63, 3.8) is 0 Å². The molecule has 7 heteroatoms. The lowest BCUT2D eigenvalue weighted by atomic mass is 10.1. The van der Waals surface area contributed by atoms with Crippen LogP contribution in [0.5, 0.6) is 0 Å². The molecular weight excluding hydrogens is 395 g/mol. The van der Waals surface area contributed by atoms with E-state index in [4.69, 9.17) is 23.2 Å². The van der Waals surface area contributed by atoms with E-state index in [0.29, 0.717) is 22.2 Å². The minimum atomic E-state index is -0.00206. The zero-order valence-corrected chi connectivity index (χ0v) is 17.9. The molecule has 2 aromatic rings. The normalized spacial score (nSPS) is 11.2. The molecule has 0 atom stereocenters. The summed E-state index contributed by atoms with van der Waals surface area (Å²) in [5, 5.41) is 7.92. The number of guanidine groups is 1. The van der Waals surface area contributed by atoms with Gasteiger partial charge in [0.05, 0.1) is 0 Å². The summed E-state index contributed by atoms with van der Waals surface area (Å²) in [5.74, 6) is 0.730. The molecule has 0 heterocycles. The molecule has 150 valence electrons. The Balaban J connectivity index is 1.76. The number of rotatable bonds is 7. The van der Waals surface area contributed by atoms with E-state index < -0.39 is 0 Å². The van der Waals surface area contributed by atoms with Gasteiger partial charge >= 0.3 is 0 Å². The van der Waals surface area contributed by atoms with Crippen LogP contribution in [0.1, 0.15) is 27.9 Å². The van der Waals surface area contributed by atoms with Gasteiger partial charge in [-0.25, -0.2) is 0 Å². The number of carbonyl (C=O) groups is 1. The van der Waals surface area contributed by atoms with Crippen LogP contribution in [-0.4, -0.2) is 44.5 Å². The third-order valence-corrected chi connectivity index (χ3v) is 4.81. The van der Waals surface area contributed by atoms with Crippen molar-refractivity contribution < 1.29 is 4.79 Å². The molecule has 0 aliphatic carbocycles. The molecule has 0 unspecified atom stereocenters. The maximum absolute atomic E-state index is 11.9. The molecule has 0 aliphatic heterocycles. The molecule has 1 amide bonds. The number of hydrogen-bond donors (Lipinski definition) is 2. The minimum absolute atomic E-state index is 0.00206. The van der Waals surface area contributed by atoms with Crippen LogP contribution in [0.15, 0.2) is 47.5 Å². The van der Waals surface area contributed by atoms with Gasteiger partial charge in [-0.05, 0) is 48.2 Å². The Morgan fingerprint density at radius 1 is 1.07 bits per heavy atom. The average Bonchev–Trinajstić information content (AvgIpc) is 2.68. The highest BCUT2D eigenvalue weighted by Gasteiger charge is 2.07. The van der Waals surface area contributed by atoms with E-state index in [1.165, 1.54) is 0 Å². The summed E-state index contributed by atoms with van der Waals surface area (Å²) in [6.45, 7) is 1.40. The van der Waals surface area contributed by atoms with E-state index >= 15 is 0 Å². The first kappa shape index (κ1) is 22.1. The molecule has 2 N–H and O–H groups in total. The van der Waals surface area contributed by atoms with Crippen molar-refractivity contribution in [2.45, 2.75) is 19.4 Å². The molecule has 0 spiro atoms. The van der Waals surface area contributed by atoms with Gasteiger partial charge in [0.1, 0.15) is 0 Å². The maximum atomic E-state index is 11.9. The van der Waals surface area contributed by atoms with Gasteiger partial charge < -0.3 is 15.5 Å². The molecule has 5 nitrogen and oxygen atoms in total. The molecule has 0 aliphatic rings. The quantitative estimate of drug-likeness (QED) is 0.404. The molecule has 0 fully saturated rings. The molecule has 0 radical (unpaired) electrons. The lowest BCUT2D eigenvalue weighted by molar-refractivity contribution is 0.0827. The van der Waals surface area contributed by atoms with Crippen molar-refractivity contribution in [1.29, 1.82) is 0 Å². The third kappa shape index (κ3) is 6.73. The highest BCUT2D eigenvalue weighted by molar-refractivity contribution is 6.35. The Morgan fingerprint density at radius 3 is 2.39 bits per heavy atom. The van der Waals surface area contributed by atoms with E-state index in [9.17, 15) is 4.79 Å². The first-order valence-electron chi connectivity index (χ1n) is 9.09. The summed E-state index contributed by atoms with van der Waals surface area (Å²) in [6, 6.07) is 13.1. The van der Waals surface area contributed by atoms with Crippen molar-refractivity contribution in [2.24, 2.45) is 4.99 Å². The molecule has 0 aromatic heterocycles. The molecule has 2 rings (SSSR count). The predicted molar refractivity (Wildman–Crippen MR) is 117 cm³/mol.